The number of thioether (sulfide) groups is 1. The van der Waals surface area contributed by atoms with Crippen molar-refractivity contribution in [1.29, 1.82) is 0 Å². The fraction of sp³-hybridized carbons (Fsp3) is 0.300. The fourth-order valence-electron chi connectivity index (χ4n) is 2.91. The number of rotatable bonds is 6. The van der Waals surface area contributed by atoms with Crippen LogP contribution in [0.3, 0.4) is 0 Å². The molecule has 2 aromatic heterocycles. The van der Waals surface area contributed by atoms with Gasteiger partial charge in [0.25, 0.3) is 0 Å². The van der Waals surface area contributed by atoms with Crippen LogP contribution in [0.15, 0.2) is 29.4 Å². The van der Waals surface area contributed by atoms with E-state index in [2.05, 4.69) is 20.3 Å². The first-order chi connectivity index (χ1) is 13.4. The standard InChI is InChI=1S/C20H21FN4OS2/c1-11-16(12(2)23-19(22-11)27-4)9-10-17(26)24-20-25-18(13(3)28-20)14-5-7-15(21)8-6-14/h5-8H,9-10H2,1-4H3,(H,24,25,26). The summed E-state index contributed by atoms with van der Waals surface area (Å²) in [5, 5.41) is 4.16. The lowest BCUT2D eigenvalue weighted by atomic mass is 10.1. The van der Waals surface area contributed by atoms with E-state index in [1.165, 1.54) is 35.2 Å². The van der Waals surface area contributed by atoms with Crippen molar-refractivity contribution in [2.75, 3.05) is 11.6 Å². The highest BCUT2D eigenvalue weighted by atomic mass is 32.2. The van der Waals surface area contributed by atoms with Gasteiger partial charge in [0.2, 0.25) is 5.91 Å². The maximum Gasteiger partial charge on any atom is 0.226 e. The van der Waals surface area contributed by atoms with Crippen LogP contribution in [-0.4, -0.2) is 27.1 Å². The molecule has 0 saturated carbocycles. The molecule has 0 aliphatic heterocycles. The molecule has 0 spiro atoms. The molecule has 0 atom stereocenters. The third kappa shape index (κ3) is 4.74. The molecular weight excluding hydrogens is 395 g/mol. The van der Waals surface area contributed by atoms with E-state index in [1.807, 2.05) is 27.0 Å². The minimum absolute atomic E-state index is 0.104. The van der Waals surface area contributed by atoms with Crippen LogP contribution >= 0.6 is 23.1 Å². The third-order valence-corrected chi connectivity index (χ3v) is 5.78. The lowest BCUT2D eigenvalue weighted by molar-refractivity contribution is -0.116. The second-order valence-corrected chi connectivity index (χ2v) is 8.32. The van der Waals surface area contributed by atoms with Gasteiger partial charge < -0.3 is 5.32 Å². The predicted molar refractivity (Wildman–Crippen MR) is 112 cm³/mol. The quantitative estimate of drug-likeness (QED) is 0.454. The van der Waals surface area contributed by atoms with Gasteiger partial charge in [-0.25, -0.2) is 19.3 Å². The number of aryl methyl sites for hydroxylation is 3. The van der Waals surface area contributed by atoms with E-state index in [0.29, 0.717) is 18.0 Å². The van der Waals surface area contributed by atoms with Crippen LogP contribution in [0.1, 0.15) is 28.2 Å². The Morgan fingerprint density at radius 1 is 1.11 bits per heavy atom. The highest BCUT2D eigenvalue weighted by molar-refractivity contribution is 7.98. The zero-order valence-corrected chi connectivity index (χ0v) is 17.8. The predicted octanol–water partition coefficient (Wildman–Crippen LogP) is 4.96. The van der Waals surface area contributed by atoms with Gasteiger partial charge in [0.1, 0.15) is 5.82 Å². The molecule has 1 amide bonds. The summed E-state index contributed by atoms with van der Waals surface area (Å²) in [6, 6.07) is 6.18. The van der Waals surface area contributed by atoms with Crippen LogP contribution in [0.2, 0.25) is 0 Å². The Hall–Kier alpha value is -2.32. The van der Waals surface area contributed by atoms with E-state index in [-0.39, 0.29) is 11.7 Å². The van der Waals surface area contributed by atoms with Crippen molar-refractivity contribution in [3.05, 3.63) is 51.9 Å². The molecule has 1 aromatic carbocycles. The number of halogens is 1. The Morgan fingerprint density at radius 3 is 2.36 bits per heavy atom. The van der Waals surface area contributed by atoms with Crippen LogP contribution < -0.4 is 5.32 Å². The Labute approximate surface area is 171 Å². The van der Waals surface area contributed by atoms with E-state index in [1.54, 1.807) is 12.1 Å². The zero-order chi connectivity index (χ0) is 20.3. The SMILES string of the molecule is CSc1nc(C)c(CCC(=O)Nc2nc(-c3ccc(F)cc3)c(C)s2)c(C)n1. The Bertz CT molecular complexity index is 979. The Morgan fingerprint density at radius 2 is 1.75 bits per heavy atom. The highest BCUT2D eigenvalue weighted by Crippen LogP contribution is 2.30. The summed E-state index contributed by atoms with van der Waals surface area (Å²) in [4.78, 5) is 26.8. The summed E-state index contributed by atoms with van der Waals surface area (Å²) < 4.78 is 13.1. The molecule has 3 rings (SSSR count). The zero-order valence-electron chi connectivity index (χ0n) is 16.2. The summed E-state index contributed by atoms with van der Waals surface area (Å²) in [7, 11) is 0. The molecule has 0 fully saturated rings. The number of benzene rings is 1. The molecule has 0 bridgehead atoms. The maximum atomic E-state index is 13.1. The summed E-state index contributed by atoms with van der Waals surface area (Å²) >= 11 is 2.92. The third-order valence-electron chi connectivity index (χ3n) is 4.35. The van der Waals surface area contributed by atoms with Gasteiger partial charge in [-0.05, 0) is 63.3 Å². The van der Waals surface area contributed by atoms with Crippen molar-refractivity contribution in [3.63, 3.8) is 0 Å². The highest BCUT2D eigenvalue weighted by Gasteiger charge is 2.14. The number of amides is 1. The lowest BCUT2D eigenvalue weighted by Crippen LogP contribution is -2.13. The van der Waals surface area contributed by atoms with Crippen LogP contribution in [0.4, 0.5) is 9.52 Å². The minimum Gasteiger partial charge on any atom is -0.302 e. The number of nitrogens with zero attached hydrogens (tertiary/aromatic N) is 3. The molecule has 5 nitrogen and oxygen atoms in total. The second-order valence-electron chi connectivity index (χ2n) is 6.34. The summed E-state index contributed by atoms with van der Waals surface area (Å²) in [6.45, 7) is 5.82. The first-order valence-electron chi connectivity index (χ1n) is 8.78. The van der Waals surface area contributed by atoms with Crippen LogP contribution in [0.25, 0.3) is 11.3 Å². The van der Waals surface area contributed by atoms with Gasteiger partial charge >= 0.3 is 0 Å². The number of carbonyl (C=O) groups is 1. The molecule has 3 aromatic rings. The van der Waals surface area contributed by atoms with E-state index in [9.17, 15) is 9.18 Å². The molecule has 0 aliphatic carbocycles. The lowest BCUT2D eigenvalue weighted by Gasteiger charge is -2.09. The average molecular weight is 417 g/mol. The van der Waals surface area contributed by atoms with Crippen LogP contribution in [0.5, 0.6) is 0 Å². The van der Waals surface area contributed by atoms with Gasteiger partial charge in [-0.1, -0.05) is 11.8 Å². The van der Waals surface area contributed by atoms with E-state index in [4.69, 9.17) is 0 Å². The molecule has 1 N–H and O–H groups in total. The second kappa shape index (κ2) is 8.79. The van der Waals surface area contributed by atoms with Crippen molar-refractivity contribution in [2.24, 2.45) is 0 Å². The number of nitrogens with one attached hydrogen (secondary N) is 1. The molecule has 28 heavy (non-hydrogen) atoms. The van der Waals surface area contributed by atoms with Crippen LogP contribution in [0, 0.1) is 26.6 Å². The monoisotopic (exact) mass is 416 g/mol. The first kappa shape index (κ1) is 20.4. The molecule has 0 saturated heterocycles. The maximum absolute atomic E-state index is 13.1. The van der Waals surface area contributed by atoms with Gasteiger partial charge in [0.15, 0.2) is 10.3 Å². The van der Waals surface area contributed by atoms with Crippen molar-refractivity contribution in [3.8, 4) is 11.3 Å². The van der Waals surface area contributed by atoms with Gasteiger partial charge in [0.05, 0.1) is 5.69 Å². The number of hydrogen-bond donors (Lipinski definition) is 1. The fourth-order valence-corrected chi connectivity index (χ4v) is 4.22. The van der Waals surface area contributed by atoms with Gasteiger partial charge in [-0.3, -0.25) is 4.79 Å². The molecule has 0 radical (unpaired) electrons. The molecule has 0 aliphatic rings. The molecule has 2 heterocycles. The van der Waals surface area contributed by atoms with Gasteiger partial charge in [-0.2, -0.15) is 0 Å². The molecule has 0 unspecified atom stereocenters. The van der Waals surface area contributed by atoms with Crippen molar-refractivity contribution >= 4 is 34.1 Å². The Kier molecular flexibility index (Phi) is 6.41. The topological polar surface area (TPSA) is 67.8 Å². The number of anilines is 1. The van der Waals surface area contributed by atoms with Crippen LogP contribution in [-0.2, 0) is 11.2 Å². The van der Waals surface area contributed by atoms with Crippen molar-refractivity contribution < 1.29 is 9.18 Å². The smallest absolute Gasteiger partial charge is 0.226 e. The Balaban J connectivity index is 1.66. The largest absolute Gasteiger partial charge is 0.302 e. The van der Waals surface area contributed by atoms with E-state index >= 15 is 0 Å². The minimum atomic E-state index is -0.287. The number of carbonyl (C=O) groups excluding carboxylic acids is 1. The number of hydrogen-bond acceptors (Lipinski definition) is 6. The van der Waals surface area contributed by atoms with E-state index < -0.39 is 0 Å². The van der Waals surface area contributed by atoms with Gasteiger partial charge in [-0.15, -0.1) is 11.3 Å². The van der Waals surface area contributed by atoms with Gasteiger partial charge in [0, 0.05) is 28.2 Å². The number of aromatic nitrogens is 3. The summed E-state index contributed by atoms with van der Waals surface area (Å²) in [5.74, 6) is -0.391. The summed E-state index contributed by atoms with van der Waals surface area (Å²) in [6.07, 6.45) is 2.85. The summed E-state index contributed by atoms with van der Waals surface area (Å²) in [5.41, 5.74) is 4.41. The van der Waals surface area contributed by atoms with E-state index in [0.717, 1.165) is 38.2 Å². The number of thiazole rings is 1. The normalized spacial score (nSPS) is 10.9. The first-order valence-corrected chi connectivity index (χ1v) is 10.8. The molecular formula is C20H21FN4OS2. The van der Waals surface area contributed by atoms with Crippen molar-refractivity contribution in [1.82, 2.24) is 15.0 Å². The molecule has 8 heteroatoms. The van der Waals surface area contributed by atoms with Crippen molar-refractivity contribution in [2.45, 2.75) is 38.8 Å². The molecule has 146 valence electrons. The average Bonchev–Trinajstić information content (AvgIpc) is 3.01.